The van der Waals surface area contributed by atoms with E-state index in [2.05, 4.69) is 10.1 Å². The Hall–Kier alpha value is -3.82. The summed E-state index contributed by atoms with van der Waals surface area (Å²) in [5.41, 5.74) is 1.58. The van der Waals surface area contributed by atoms with Gasteiger partial charge in [0.05, 0.1) is 10.8 Å². The van der Waals surface area contributed by atoms with Crippen LogP contribution in [0.1, 0.15) is 12.5 Å². The molecule has 3 aromatic rings. The molecule has 0 spiro atoms. The first-order chi connectivity index (χ1) is 13.6. The predicted octanol–water partition coefficient (Wildman–Crippen LogP) is 2.39. The molecule has 0 radical (unpaired) electrons. The van der Waals surface area contributed by atoms with Gasteiger partial charge < -0.3 is 24.8 Å². The molecule has 28 heavy (non-hydrogen) atoms. The first kappa shape index (κ1) is 17.6. The summed E-state index contributed by atoms with van der Waals surface area (Å²) in [5, 5.41) is 25.9. The molecule has 0 unspecified atom stereocenters. The number of benzene rings is 2. The monoisotopic (exact) mass is 383 g/mol. The fraction of sp³-hybridized carbons (Fsp3) is 0.222. The number of ether oxygens (including phenoxy) is 2. The molecule has 10 nitrogen and oxygen atoms in total. The molecule has 1 aliphatic rings. The van der Waals surface area contributed by atoms with Crippen LogP contribution < -0.4 is 15.0 Å². The van der Waals surface area contributed by atoms with Gasteiger partial charge in [0.1, 0.15) is 18.9 Å². The van der Waals surface area contributed by atoms with Crippen LogP contribution in [0.2, 0.25) is 0 Å². The Morgan fingerprint density at radius 3 is 2.75 bits per heavy atom. The second-order valence-electron chi connectivity index (χ2n) is 6.05. The Balaban J connectivity index is 1.86. The Bertz CT molecular complexity index is 1120. The third-order valence-electron chi connectivity index (χ3n) is 4.24. The van der Waals surface area contributed by atoms with E-state index in [0.29, 0.717) is 40.9 Å². The van der Waals surface area contributed by atoms with Crippen molar-refractivity contribution in [2.75, 3.05) is 13.2 Å². The van der Waals surface area contributed by atoms with Gasteiger partial charge in [-0.3, -0.25) is 0 Å². The topological polar surface area (TPSA) is 117 Å². The summed E-state index contributed by atoms with van der Waals surface area (Å²) in [7, 11) is 0. The van der Waals surface area contributed by atoms with Gasteiger partial charge in [-0.15, -0.1) is 0 Å². The minimum atomic E-state index is -0.691. The second kappa shape index (κ2) is 7.06. The quantitative estimate of drug-likeness (QED) is 0.420. The van der Waals surface area contributed by atoms with Crippen LogP contribution in [0, 0.1) is 10.1 Å². The highest BCUT2D eigenvalue weighted by atomic mass is 16.6. The molecule has 144 valence electrons. The van der Waals surface area contributed by atoms with Gasteiger partial charge in [0.2, 0.25) is 0 Å². The smallest absolute Gasteiger partial charge is 0.438 e. The van der Waals surface area contributed by atoms with Gasteiger partial charge in [-0.05, 0) is 46.0 Å². The highest BCUT2D eigenvalue weighted by Gasteiger charge is 2.25. The van der Waals surface area contributed by atoms with Gasteiger partial charge in [0.15, 0.2) is 11.5 Å². The lowest BCUT2D eigenvalue weighted by Crippen LogP contribution is -2.22. The minimum Gasteiger partial charge on any atom is -0.486 e. The SMILES string of the molecule is CCc1cccc(N=c2c([N+](=O)[O-])nn(-c3ccc4c(c3)OCCO4)n2O)c1. The molecule has 1 aliphatic heterocycles. The molecule has 10 heteroatoms. The molecule has 1 aromatic heterocycles. The average molecular weight is 383 g/mol. The van der Waals surface area contributed by atoms with E-state index in [-0.39, 0.29) is 5.49 Å². The molecular formula is C18H17N5O5. The van der Waals surface area contributed by atoms with Gasteiger partial charge in [-0.1, -0.05) is 23.9 Å². The molecule has 0 amide bonds. The van der Waals surface area contributed by atoms with E-state index in [1.54, 1.807) is 36.4 Å². The van der Waals surface area contributed by atoms with Crippen LogP contribution in [0.25, 0.3) is 5.69 Å². The third-order valence-corrected chi connectivity index (χ3v) is 4.24. The Morgan fingerprint density at radius 2 is 2.00 bits per heavy atom. The van der Waals surface area contributed by atoms with Crippen molar-refractivity contribution in [2.45, 2.75) is 13.3 Å². The third kappa shape index (κ3) is 3.15. The highest BCUT2D eigenvalue weighted by Crippen LogP contribution is 2.31. The van der Waals surface area contributed by atoms with Crippen molar-refractivity contribution in [1.82, 2.24) is 14.7 Å². The van der Waals surface area contributed by atoms with Crippen LogP contribution in [-0.2, 0) is 6.42 Å². The first-order valence-electron chi connectivity index (χ1n) is 8.66. The van der Waals surface area contributed by atoms with Gasteiger partial charge in [0.25, 0.3) is 5.49 Å². The molecule has 1 N–H and O–H groups in total. The van der Waals surface area contributed by atoms with E-state index in [4.69, 9.17) is 9.47 Å². The zero-order valence-corrected chi connectivity index (χ0v) is 15.0. The van der Waals surface area contributed by atoms with Gasteiger partial charge in [-0.25, -0.2) is 4.99 Å². The lowest BCUT2D eigenvalue weighted by atomic mass is 10.1. The molecular weight excluding hydrogens is 366 g/mol. The Kier molecular flexibility index (Phi) is 4.44. The van der Waals surface area contributed by atoms with E-state index < -0.39 is 10.7 Å². The van der Waals surface area contributed by atoms with Crippen molar-refractivity contribution in [3.05, 3.63) is 63.6 Å². The standard InChI is InChI=1S/C18H17N5O5/c1-2-12-4-3-5-13(10-12)19-17-18(23(25)26)20-21(22(17)24)14-6-7-15-16(11-14)28-9-8-27-15/h3-7,10-11,24H,2,8-9H2,1H3. The zero-order valence-electron chi connectivity index (χ0n) is 15.0. The number of hydrogen-bond acceptors (Lipinski definition) is 7. The van der Waals surface area contributed by atoms with Crippen molar-refractivity contribution in [1.29, 1.82) is 0 Å². The van der Waals surface area contributed by atoms with Crippen molar-refractivity contribution in [3.63, 3.8) is 0 Å². The lowest BCUT2D eigenvalue weighted by Gasteiger charge is -2.18. The fourth-order valence-corrected chi connectivity index (χ4v) is 2.86. The maximum absolute atomic E-state index is 11.5. The van der Waals surface area contributed by atoms with Gasteiger partial charge in [0, 0.05) is 6.07 Å². The molecule has 0 bridgehead atoms. The molecule has 0 saturated carbocycles. The summed E-state index contributed by atoms with van der Waals surface area (Å²) in [6.07, 6.45) is 0.793. The minimum absolute atomic E-state index is 0.284. The van der Waals surface area contributed by atoms with Crippen LogP contribution in [0.15, 0.2) is 47.5 Å². The predicted molar refractivity (Wildman–Crippen MR) is 97.4 cm³/mol. The van der Waals surface area contributed by atoms with E-state index in [1.165, 1.54) is 0 Å². The Morgan fingerprint density at radius 1 is 1.21 bits per heavy atom. The zero-order chi connectivity index (χ0) is 19.7. The van der Waals surface area contributed by atoms with Gasteiger partial charge >= 0.3 is 5.82 Å². The summed E-state index contributed by atoms with van der Waals surface area (Å²) in [6.45, 7) is 2.83. The molecule has 0 atom stereocenters. The highest BCUT2D eigenvalue weighted by molar-refractivity contribution is 5.49. The summed E-state index contributed by atoms with van der Waals surface area (Å²) >= 11 is 0. The van der Waals surface area contributed by atoms with Crippen molar-refractivity contribution in [2.24, 2.45) is 4.99 Å². The van der Waals surface area contributed by atoms with Gasteiger partial charge in [-0.2, -0.15) is 0 Å². The van der Waals surface area contributed by atoms with Crippen LogP contribution in [0.5, 0.6) is 11.5 Å². The fourth-order valence-electron chi connectivity index (χ4n) is 2.86. The van der Waals surface area contributed by atoms with Crippen LogP contribution in [0.4, 0.5) is 11.5 Å². The van der Waals surface area contributed by atoms with Crippen LogP contribution in [-0.4, -0.2) is 38.1 Å². The number of aromatic nitrogens is 3. The lowest BCUT2D eigenvalue weighted by molar-refractivity contribution is -0.391. The molecule has 4 rings (SSSR count). The molecule has 0 saturated heterocycles. The maximum Gasteiger partial charge on any atom is 0.438 e. The summed E-state index contributed by atoms with van der Waals surface area (Å²) in [6, 6.07) is 12.1. The van der Waals surface area contributed by atoms with E-state index >= 15 is 0 Å². The van der Waals surface area contributed by atoms with Crippen molar-refractivity contribution >= 4 is 11.5 Å². The Labute approximate surface area is 159 Å². The van der Waals surface area contributed by atoms with Crippen LogP contribution in [0.3, 0.4) is 0 Å². The van der Waals surface area contributed by atoms with Crippen LogP contribution >= 0.6 is 0 Å². The molecule has 0 aliphatic carbocycles. The average Bonchev–Trinajstić information content (AvgIpc) is 3.04. The number of fused-ring (bicyclic) bond motifs is 1. The molecule has 2 aromatic carbocycles. The largest absolute Gasteiger partial charge is 0.486 e. The summed E-state index contributed by atoms with van der Waals surface area (Å²) < 4.78 is 11.0. The summed E-state index contributed by atoms with van der Waals surface area (Å²) in [4.78, 5) is 16.5. The molecule has 0 fully saturated rings. The van der Waals surface area contributed by atoms with E-state index in [1.807, 2.05) is 13.0 Å². The second-order valence-corrected chi connectivity index (χ2v) is 6.05. The maximum atomic E-state index is 11.5. The summed E-state index contributed by atoms with van der Waals surface area (Å²) in [5.74, 6) is 0.456. The number of aryl methyl sites for hydroxylation is 1. The number of nitrogens with zero attached hydrogens (tertiary/aromatic N) is 5. The first-order valence-corrected chi connectivity index (χ1v) is 8.66. The normalized spacial score (nSPS) is 13.5. The van der Waals surface area contributed by atoms with E-state index in [0.717, 1.165) is 16.8 Å². The van der Waals surface area contributed by atoms with E-state index in [9.17, 15) is 15.3 Å². The number of nitro groups is 1. The number of rotatable bonds is 4. The molecule has 2 heterocycles. The van der Waals surface area contributed by atoms with Crippen molar-refractivity contribution < 1.29 is 19.6 Å². The van der Waals surface area contributed by atoms with Crippen molar-refractivity contribution in [3.8, 4) is 17.2 Å². The number of hydrogen-bond donors (Lipinski definition) is 1.